The van der Waals surface area contributed by atoms with Gasteiger partial charge in [0.1, 0.15) is 5.01 Å². The Bertz CT molecular complexity index is 547. The number of nitrogens with zero attached hydrogens (tertiary/aromatic N) is 1. The molecular weight excluding hydrogens is 280 g/mol. The van der Waals surface area contributed by atoms with Crippen molar-refractivity contribution < 1.29 is 5.11 Å². The van der Waals surface area contributed by atoms with Crippen LogP contribution in [0.1, 0.15) is 30.7 Å². The maximum Gasteiger partial charge on any atom is 0.107 e. The third-order valence-electron chi connectivity index (χ3n) is 4.15. The van der Waals surface area contributed by atoms with E-state index < -0.39 is 0 Å². The van der Waals surface area contributed by atoms with Gasteiger partial charge in [0.15, 0.2) is 0 Å². The molecule has 0 atom stereocenters. The van der Waals surface area contributed by atoms with E-state index in [1.54, 1.807) is 11.3 Å². The van der Waals surface area contributed by atoms with Crippen molar-refractivity contribution in [2.75, 3.05) is 6.54 Å². The molecule has 112 valence electrons. The molecule has 4 heteroatoms. The molecule has 1 heterocycles. The molecule has 0 amide bonds. The minimum Gasteiger partial charge on any atom is -0.393 e. The molecule has 1 fully saturated rings. The summed E-state index contributed by atoms with van der Waals surface area (Å²) in [5, 5.41) is 16.3. The first-order valence-electron chi connectivity index (χ1n) is 7.70. The van der Waals surface area contributed by atoms with Gasteiger partial charge < -0.3 is 10.4 Å². The molecule has 1 saturated carbocycles. The van der Waals surface area contributed by atoms with Crippen molar-refractivity contribution in [1.29, 1.82) is 0 Å². The number of nitrogens with one attached hydrogen (secondary N) is 1. The third-order valence-corrected chi connectivity index (χ3v) is 5.00. The molecule has 0 saturated heterocycles. The van der Waals surface area contributed by atoms with Crippen molar-refractivity contribution in [3.63, 3.8) is 0 Å². The van der Waals surface area contributed by atoms with Gasteiger partial charge in [-0.25, -0.2) is 4.98 Å². The zero-order valence-electron chi connectivity index (χ0n) is 12.2. The summed E-state index contributed by atoms with van der Waals surface area (Å²) >= 11 is 1.72. The fourth-order valence-electron chi connectivity index (χ4n) is 2.87. The molecule has 21 heavy (non-hydrogen) atoms. The molecule has 1 aromatic carbocycles. The Kier molecular flexibility index (Phi) is 5.01. The summed E-state index contributed by atoms with van der Waals surface area (Å²) in [7, 11) is 0. The highest BCUT2D eigenvalue weighted by molar-refractivity contribution is 7.09. The maximum absolute atomic E-state index is 9.51. The van der Waals surface area contributed by atoms with E-state index in [1.807, 2.05) is 18.2 Å². The number of benzene rings is 1. The van der Waals surface area contributed by atoms with Gasteiger partial charge >= 0.3 is 0 Å². The highest BCUT2D eigenvalue weighted by Gasteiger charge is 2.18. The standard InChI is InChI=1S/C17H22N2OS/c20-15-8-6-13(7-9-15)10-18-11-17-19-16(12-21-17)14-4-2-1-3-5-14/h1-5,12-13,15,18,20H,6-11H2. The topological polar surface area (TPSA) is 45.1 Å². The second-order valence-corrected chi connectivity index (χ2v) is 6.74. The minimum absolute atomic E-state index is 0.0614. The predicted octanol–water partition coefficient (Wildman–Crippen LogP) is 3.45. The average molecular weight is 302 g/mol. The lowest BCUT2D eigenvalue weighted by molar-refractivity contribution is 0.108. The molecule has 0 spiro atoms. The summed E-state index contributed by atoms with van der Waals surface area (Å²) in [5.41, 5.74) is 2.25. The summed E-state index contributed by atoms with van der Waals surface area (Å²) in [5.74, 6) is 0.710. The van der Waals surface area contributed by atoms with Gasteiger partial charge in [-0.15, -0.1) is 11.3 Å². The normalized spacial score (nSPS) is 22.3. The van der Waals surface area contributed by atoms with Gasteiger partial charge in [0.25, 0.3) is 0 Å². The molecule has 2 aromatic rings. The Morgan fingerprint density at radius 1 is 1.14 bits per heavy atom. The quantitative estimate of drug-likeness (QED) is 0.889. The molecule has 3 nitrogen and oxygen atoms in total. The van der Waals surface area contributed by atoms with Crippen molar-refractivity contribution in [1.82, 2.24) is 10.3 Å². The van der Waals surface area contributed by atoms with E-state index in [0.29, 0.717) is 5.92 Å². The van der Waals surface area contributed by atoms with Gasteiger partial charge in [-0.3, -0.25) is 0 Å². The van der Waals surface area contributed by atoms with Crippen molar-refractivity contribution in [3.05, 3.63) is 40.7 Å². The molecule has 0 bridgehead atoms. The number of thiazole rings is 1. The number of aliphatic hydroxyl groups excluding tert-OH is 1. The first-order valence-corrected chi connectivity index (χ1v) is 8.58. The first-order chi connectivity index (χ1) is 10.3. The number of rotatable bonds is 5. The van der Waals surface area contributed by atoms with Crippen molar-refractivity contribution in [2.45, 2.75) is 38.3 Å². The summed E-state index contributed by atoms with van der Waals surface area (Å²) in [6.07, 6.45) is 4.14. The average Bonchev–Trinajstić information content (AvgIpc) is 2.99. The highest BCUT2D eigenvalue weighted by Crippen LogP contribution is 2.24. The van der Waals surface area contributed by atoms with Crippen LogP contribution in [-0.2, 0) is 6.54 Å². The SMILES string of the molecule is OC1CCC(CNCc2nc(-c3ccccc3)cs2)CC1. The molecule has 0 aliphatic heterocycles. The van der Waals surface area contributed by atoms with Crippen LogP contribution in [0.4, 0.5) is 0 Å². The van der Waals surface area contributed by atoms with Gasteiger partial charge in [0.2, 0.25) is 0 Å². The van der Waals surface area contributed by atoms with Crippen LogP contribution in [0.15, 0.2) is 35.7 Å². The van der Waals surface area contributed by atoms with Crippen LogP contribution in [0.25, 0.3) is 11.3 Å². The van der Waals surface area contributed by atoms with Gasteiger partial charge in [-0.2, -0.15) is 0 Å². The largest absolute Gasteiger partial charge is 0.393 e. The van der Waals surface area contributed by atoms with Gasteiger partial charge in [0.05, 0.1) is 11.8 Å². The van der Waals surface area contributed by atoms with Crippen molar-refractivity contribution in [2.24, 2.45) is 5.92 Å². The van der Waals surface area contributed by atoms with Crippen LogP contribution >= 0.6 is 11.3 Å². The molecule has 1 aliphatic carbocycles. The first kappa shape index (κ1) is 14.7. The fraction of sp³-hybridized carbons (Fsp3) is 0.471. The lowest BCUT2D eigenvalue weighted by Crippen LogP contribution is -2.27. The lowest BCUT2D eigenvalue weighted by Gasteiger charge is -2.25. The summed E-state index contributed by atoms with van der Waals surface area (Å²) < 4.78 is 0. The monoisotopic (exact) mass is 302 g/mol. The summed E-state index contributed by atoms with van der Waals surface area (Å²) in [6, 6.07) is 10.3. The van der Waals surface area contributed by atoms with E-state index >= 15 is 0 Å². The van der Waals surface area contributed by atoms with Crippen molar-refractivity contribution in [3.8, 4) is 11.3 Å². The van der Waals surface area contributed by atoms with Crippen LogP contribution in [-0.4, -0.2) is 22.7 Å². The minimum atomic E-state index is -0.0614. The smallest absolute Gasteiger partial charge is 0.107 e. The zero-order valence-corrected chi connectivity index (χ0v) is 13.0. The van der Waals surface area contributed by atoms with Crippen LogP contribution in [0.5, 0.6) is 0 Å². The van der Waals surface area contributed by atoms with Gasteiger partial charge in [0, 0.05) is 17.5 Å². The van der Waals surface area contributed by atoms with Crippen LogP contribution in [0.2, 0.25) is 0 Å². The number of hydrogen-bond acceptors (Lipinski definition) is 4. The maximum atomic E-state index is 9.51. The Hall–Kier alpha value is -1.23. The highest BCUT2D eigenvalue weighted by atomic mass is 32.1. The lowest BCUT2D eigenvalue weighted by atomic mass is 9.87. The molecule has 0 unspecified atom stereocenters. The van der Waals surface area contributed by atoms with Crippen LogP contribution < -0.4 is 5.32 Å². The molecule has 2 N–H and O–H groups in total. The Morgan fingerprint density at radius 2 is 1.90 bits per heavy atom. The molecule has 1 aromatic heterocycles. The zero-order chi connectivity index (χ0) is 14.5. The fourth-order valence-corrected chi connectivity index (χ4v) is 3.64. The van der Waals surface area contributed by atoms with Gasteiger partial charge in [-0.1, -0.05) is 30.3 Å². The van der Waals surface area contributed by atoms with E-state index in [4.69, 9.17) is 4.98 Å². The Labute approximate surface area is 130 Å². The van der Waals surface area contributed by atoms with E-state index in [-0.39, 0.29) is 6.10 Å². The molecule has 1 aliphatic rings. The molecular formula is C17H22N2OS. The predicted molar refractivity (Wildman–Crippen MR) is 87.2 cm³/mol. The Balaban J connectivity index is 1.47. The third kappa shape index (κ3) is 4.13. The van der Waals surface area contributed by atoms with Gasteiger partial charge in [-0.05, 0) is 38.1 Å². The van der Waals surface area contributed by atoms with E-state index in [9.17, 15) is 5.11 Å². The second-order valence-electron chi connectivity index (χ2n) is 5.80. The number of aromatic nitrogens is 1. The van der Waals surface area contributed by atoms with Crippen molar-refractivity contribution >= 4 is 11.3 Å². The van der Waals surface area contributed by atoms with Crippen LogP contribution in [0.3, 0.4) is 0 Å². The summed E-state index contributed by atoms with van der Waals surface area (Å²) in [4.78, 5) is 4.69. The second kappa shape index (κ2) is 7.16. The number of hydrogen-bond donors (Lipinski definition) is 2. The molecule has 0 radical (unpaired) electrons. The van der Waals surface area contributed by atoms with E-state index in [0.717, 1.165) is 49.5 Å². The molecule has 3 rings (SSSR count). The van der Waals surface area contributed by atoms with Crippen LogP contribution in [0, 0.1) is 5.92 Å². The van der Waals surface area contributed by atoms with E-state index in [2.05, 4.69) is 22.8 Å². The Morgan fingerprint density at radius 3 is 2.67 bits per heavy atom. The van der Waals surface area contributed by atoms with E-state index in [1.165, 1.54) is 5.56 Å². The number of aliphatic hydroxyl groups is 1. The summed E-state index contributed by atoms with van der Waals surface area (Å²) in [6.45, 7) is 1.88.